The van der Waals surface area contributed by atoms with Crippen LogP contribution in [0.25, 0.3) is 21.5 Å². The quantitative estimate of drug-likeness (QED) is 0.432. The van der Waals surface area contributed by atoms with Gasteiger partial charge in [-0.2, -0.15) is 0 Å². The Morgan fingerprint density at radius 1 is 0.677 bits per heavy atom. The second kappa shape index (κ2) is 8.88. The van der Waals surface area contributed by atoms with Gasteiger partial charge in [0.1, 0.15) is 5.82 Å². The molecule has 0 amide bonds. The predicted molar refractivity (Wildman–Crippen MR) is 127 cm³/mol. The molecule has 4 rings (SSSR count). The van der Waals surface area contributed by atoms with E-state index in [0.717, 1.165) is 21.7 Å². The first-order valence-corrected chi connectivity index (χ1v) is 10.5. The van der Waals surface area contributed by atoms with Crippen molar-refractivity contribution in [2.24, 2.45) is 14.1 Å². The molecule has 5 heteroatoms. The molecule has 2 aromatic heterocycles. The lowest BCUT2D eigenvalue weighted by molar-refractivity contribution is 0.629. The Morgan fingerprint density at radius 2 is 1.13 bits per heavy atom. The van der Waals surface area contributed by atoms with Gasteiger partial charge >= 0.3 is 0 Å². The monoisotopic (exact) mass is 420 g/mol. The summed E-state index contributed by atoms with van der Waals surface area (Å²) in [7, 11) is 3.50. The molecule has 4 aromatic rings. The molecule has 0 atom stereocenters. The number of fused-ring (bicyclic) bond motifs is 2. The van der Waals surface area contributed by atoms with Crippen LogP contribution < -0.4 is 11.1 Å². The molecule has 31 heavy (non-hydrogen) atoms. The van der Waals surface area contributed by atoms with Crippen molar-refractivity contribution in [1.29, 1.82) is 0 Å². The number of hydrogen-bond acceptors (Lipinski definition) is 2. The summed E-state index contributed by atoms with van der Waals surface area (Å²) in [5.41, 5.74) is 2.22. The van der Waals surface area contributed by atoms with Crippen molar-refractivity contribution >= 4 is 21.5 Å². The topological polar surface area (TPSA) is 44.0 Å². The highest BCUT2D eigenvalue weighted by atomic mass is 19.1. The van der Waals surface area contributed by atoms with E-state index in [1.165, 1.54) is 22.3 Å². The molecule has 0 saturated carbocycles. The molecular weight excluding hydrogens is 391 g/mol. The van der Waals surface area contributed by atoms with Crippen LogP contribution in [0.2, 0.25) is 0 Å². The molecule has 0 aliphatic carbocycles. The predicted octanol–water partition coefficient (Wildman–Crippen LogP) is 5.46. The van der Waals surface area contributed by atoms with Gasteiger partial charge in [0.2, 0.25) is 0 Å². The maximum Gasteiger partial charge on any atom is 0.258 e. The van der Waals surface area contributed by atoms with E-state index in [4.69, 9.17) is 0 Å². The Morgan fingerprint density at radius 3 is 1.65 bits per heavy atom. The van der Waals surface area contributed by atoms with Crippen LogP contribution in [0.5, 0.6) is 0 Å². The van der Waals surface area contributed by atoms with Crippen LogP contribution in [-0.2, 0) is 14.1 Å². The first kappa shape index (κ1) is 22.5. The van der Waals surface area contributed by atoms with Gasteiger partial charge in [0.15, 0.2) is 0 Å². The largest absolute Gasteiger partial charge is 0.318 e. The Balaban J connectivity index is 0.000000176. The van der Waals surface area contributed by atoms with Crippen LogP contribution in [0.4, 0.5) is 4.39 Å². The van der Waals surface area contributed by atoms with Crippen molar-refractivity contribution in [3.05, 3.63) is 92.5 Å². The van der Waals surface area contributed by atoms with Crippen LogP contribution in [0.1, 0.15) is 50.7 Å². The van der Waals surface area contributed by atoms with Gasteiger partial charge in [-0.25, -0.2) is 4.39 Å². The van der Waals surface area contributed by atoms with E-state index in [2.05, 4.69) is 27.7 Å². The number of aromatic nitrogens is 2. The van der Waals surface area contributed by atoms with Crippen molar-refractivity contribution in [2.75, 3.05) is 0 Å². The number of nitrogens with zero attached hydrogens (tertiary/aromatic N) is 2. The lowest BCUT2D eigenvalue weighted by atomic mass is 9.98. The summed E-state index contributed by atoms with van der Waals surface area (Å²) in [6.45, 7) is 8.41. The molecule has 2 heterocycles. The highest BCUT2D eigenvalue weighted by Gasteiger charge is 2.11. The maximum absolute atomic E-state index is 13.1. The van der Waals surface area contributed by atoms with E-state index in [1.54, 1.807) is 24.7 Å². The molecule has 0 spiro atoms. The van der Waals surface area contributed by atoms with Crippen molar-refractivity contribution in [2.45, 2.75) is 39.5 Å². The molecule has 0 radical (unpaired) electrons. The van der Waals surface area contributed by atoms with Gasteiger partial charge in [0, 0.05) is 31.9 Å². The first-order chi connectivity index (χ1) is 14.6. The molecule has 0 N–H and O–H groups in total. The minimum Gasteiger partial charge on any atom is -0.318 e. The van der Waals surface area contributed by atoms with Crippen molar-refractivity contribution < 1.29 is 4.39 Å². The fourth-order valence-corrected chi connectivity index (χ4v) is 3.84. The number of aryl methyl sites for hydroxylation is 2. The number of halogens is 1. The fraction of sp³-hybridized carbons (Fsp3) is 0.308. The van der Waals surface area contributed by atoms with E-state index in [1.807, 2.05) is 36.7 Å². The molecular formula is C26H29FN2O2. The minimum absolute atomic E-state index is 0.0787. The number of hydrogen-bond donors (Lipinski definition) is 0. The first-order valence-electron chi connectivity index (χ1n) is 10.5. The van der Waals surface area contributed by atoms with Crippen molar-refractivity contribution in [1.82, 2.24) is 9.13 Å². The summed E-state index contributed by atoms with van der Waals surface area (Å²) >= 11 is 0. The molecule has 162 valence electrons. The molecule has 0 aliphatic heterocycles. The zero-order valence-electron chi connectivity index (χ0n) is 18.9. The van der Waals surface area contributed by atoms with E-state index in [9.17, 15) is 14.0 Å². The second-order valence-corrected chi connectivity index (χ2v) is 8.55. The van der Waals surface area contributed by atoms with E-state index < -0.39 is 0 Å². The highest BCUT2D eigenvalue weighted by Crippen LogP contribution is 2.24. The molecule has 0 aliphatic rings. The molecule has 0 bridgehead atoms. The van der Waals surface area contributed by atoms with Crippen molar-refractivity contribution in [3.8, 4) is 0 Å². The number of rotatable bonds is 2. The van der Waals surface area contributed by atoms with Gasteiger partial charge < -0.3 is 9.13 Å². The minimum atomic E-state index is -0.370. The van der Waals surface area contributed by atoms with Gasteiger partial charge in [-0.05, 0) is 51.9 Å². The van der Waals surface area contributed by atoms with Gasteiger partial charge in [0.25, 0.3) is 11.1 Å². The number of benzene rings is 2. The summed E-state index contributed by atoms with van der Waals surface area (Å²) in [5, 5.41) is 3.19. The van der Waals surface area contributed by atoms with Gasteiger partial charge in [0.05, 0.1) is 5.39 Å². The third-order valence-electron chi connectivity index (χ3n) is 5.54. The van der Waals surface area contributed by atoms with Crippen LogP contribution in [0.3, 0.4) is 0 Å². The highest BCUT2D eigenvalue weighted by molar-refractivity contribution is 5.85. The van der Waals surface area contributed by atoms with Crippen molar-refractivity contribution in [3.63, 3.8) is 0 Å². The Kier molecular flexibility index (Phi) is 6.44. The maximum atomic E-state index is 13.1. The van der Waals surface area contributed by atoms with E-state index >= 15 is 0 Å². The molecule has 0 unspecified atom stereocenters. The Bertz CT molecular complexity index is 1360. The average molecular weight is 421 g/mol. The number of pyridine rings is 2. The third kappa shape index (κ3) is 4.46. The van der Waals surface area contributed by atoms with Crippen LogP contribution in [-0.4, -0.2) is 9.13 Å². The SMILES string of the molecule is CC(C)c1cn(C)c(=O)c2cc(F)ccc12.CC(C)c1cn(C)c(=O)c2ccccc12. The second-order valence-electron chi connectivity index (χ2n) is 8.55. The van der Waals surface area contributed by atoms with E-state index in [0.29, 0.717) is 17.2 Å². The normalized spacial score (nSPS) is 11.3. The molecule has 0 saturated heterocycles. The van der Waals surface area contributed by atoms with Gasteiger partial charge in [-0.3, -0.25) is 9.59 Å². The Hall–Kier alpha value is -3.21. The lowest BCUT2D eigenvalue weighted by Crippen LogP contribution is -2.17. The average Bonchev–Trinajstić information content (AvgIpc) is 2.73. The summed E-state index contributed by atoms with van der Waals surface area (Å²) in [4.78, 5) is 23.7. The zero-order valence-corrected chi connectivity index (χ0v) is 18.9. The molecule has 0 fully saturated rings. The standard InChI is InChI=1S/C13H14FNO.C13H15NO/c1-8(2)12-7-15(3)13(16)11-6-9(14)4-5-10(11)12;1-9(2)12-8-14(3)13(15)11-7-5-4-6-10(11)12/h4-8H,1-3H3;4-9H,1-3H3. The van der Waals surface area contributed by atoms with Gasteiger partial charge in [-0.1, -0.05) is 52.0 Å². The van der Waals surface area contributed by atoms with Crippen LogP contribution in [0.15, 0.2) is 64.4 Å². The Labute approximate surface area is 181 Å². The summed E-state index contributed by atoms with van der Waals surface area (Å²) in [6, 6.07) is 12.2. The smallest absolute Gasteiger partial charge is 0.258 e. The summed E-state index contributed by atoms with van der Waals surface area (Å²) in [6.07, 6.45) is 3.77. The van der Waals surface area contributed by atoms with E-state index in [-0.39, 0.29) is 16.9 Å². The molecule has 2 aromatic carbocycles. The third-order valence-corrected chi connectivity index (χ3v) is 5.54. The summed E-state index contributed by atoms with van der Waals surface area (Å²) < 4.78 is 16.3. The summed E-state index contributed by atoms with van der Waals surface area (Å²) in [5.74, 6) is 0.368. The lowest BCUT2D eigenvalue weighted by Gasteiger charge is -2.11. The molecule has 4 nitrogen and oxygen atoms in total. The van der Waals surface area contributed by atoms with Crippen LogP contribution in [0, 0.1) is 5.82 Å². The zero-order chi connectivity index (χ0) is 22.9. The van der Waals surface area contributed by atoms with Gasteiger partial charge in [-0.15, -0.1) is 0 Å². The fourth-order valence-electron chi connectivity index (χ4n) is 3.84. The van der Waals surface area contributed by atoms with Crippen LogP contribution >= 0.6 is 0 Å².